The Balaban J connectivity index is 1.91. The molecule has 0 saturated carbocycles. The molecule has 0 spiro atoms. The fourth-order valence-electron chi connectivity index (χ4n) is 2.88. The molecule has 0 aliphatic heterocycles. The molecule has 0 radical (unpaired) electrons. The highest BCUT2D eigenvalue weighted by atomic mass is 32.1. The zero-order valence-electron chi connectivity index (χ0n) is 12.0. The summed E-state index contributed by atoms with van der Waals surface area (Å²) in [4.78, 5) is 12.0. The number of rotatable bonds is 4. The Hall–Kier alpha value is -1.88. The van der Waals surface area contributed by atoms with Crippen LogP contribution in [0.15, 0.2) is 22.8 Å². The molecule has 0 fully saturated rings. The van der Waals surface area contributed by atoms with Gasteiger partial charge in [0.2, 0.25) is 0 Å². The number of furan rings is 1. The summed E-state index contributed by atoms with van der Waals surface area (Å²) in [6, 6.07) is 3.78. The summed E-state index contributed by atoms with van der Waals surface area (Å²) in [7, 11) is 0. The van der Waals surface area contributed by atoms with Crippen molar-refractivity contribution in [3.8, 4) is 11.6 Å². The van der Waals surface area contributed by atoms with Gasteiger partial charge in [0.1, 0.15) is 10.6 Å². The van der Waals surface area contributed by atoms with E-state index in [0.29, 0.717) is 5.82 Å². The van der Waals surface area contributed by atoms with Crippen molar-refractivity contribution in [2.75, 3.05) is 11.9 Å². The zero-order chi connectivity index (χ0) is 14.2. The second-order valence-corrected chi connectivity index (χ2v) is 6.42. The lowest BCUT2D eigenvalue weighted by atomic mass is 10.2. The first kappa shape index (κ1) is 12.8. The summed E-state index contributed by atoms with van der Waals surface area (Å²) in [5, 5.41) is 4.70. The Morgan fingerprint density at radius 3 is 3.10 bits per heavy atom. The van der Waals surface area contributed by atoms with Crippen LogP contribution in [-0.4, -0.2) is 16.5 Å². The third-order valence-electron chi connectivity index (χ3n) is 3.85. The SMILES string of the molecule is CCCNc1nc(-c2ccco2)nc2sc3c(c12)CCC3. The molecule has 21 heavy (non-hydrogen) atoms. The van der Waals surface area contributed by atoms with E-state index in [9.17, 15) is 0 Å². The number of fused-ring (bicyclic) bond motifs is 3. The molecule has 1 N–H and O–H groups in total. The average molecular weight is 299 g/mol. The van der Waals surface area contributed by atoms with Gasteiger partial charge in [0.15, 0.2) is 11.6 Å². The second-order valence-electron chi connectivity index (χ2n) is 5.34. The third kappa shape index (κ3) is 2.12. The van der Waals surface area contributed by atoms with Crippen LogP contribution in [0.1, 0.15) is 30.2 Å². The summed E-state index contributed by atoms with van der Waals surface area (Å²) in [5.74, 6) is 2.36. The van der Waals surface area contributed by atoms with Gasteiger partial charge in [-0.1, -0.05) is 6.92 Å². The van der Waals surface area contributed by atoms with E-state index in [1.165, 1.54) is 28.7 Å². The molecule has 3 heterocycles. The van der Waals surface area contributed by atoms with Gasteiger partial charge in [0.05, 0.1) is 11.6 Å². The van der Waals surface area contributed by atoms with Crippen molar-refractivity contribution in [1.82, 2.24) is 9.97 Å². The lowest BCUT2D eigenvalue weighted by Gasteiger charge is -2.08. The van der Waals surface area contributed by atoms with Gasteiger partial charge < -0.3 is 9.73 Å². The number of hydrogen-bond donors (Lipinski definition) is 1. The van der Waals surface area contributed by atoms with Crippen LogP contribution >= 0.6 is 11.3 Å². The van der Waals surface area contributed by atoms with Crippen molar-refractivity contribution in [2.24, 2.45) is 0 Å². The first-order chi connectivity index (χ1) is 10.4. The standard InChI is InChI=1S/C16H17N3OS/c1-2-8-17-15-13-10-5-3-7-12(10)21-16(13)19-14(18-15)11-6-4-9-20-11/h4,6,9H,2-3,5,7-8H2,1H3,(H,17,18,19). The average Bonchev–Trinajstić information content (AvgIpc) is 3.19. The summed E-state index contributed by atoms with van der Waals surface area (Å²) in [6.45, 7) is 3.09. The largest absolute Gasteiger partial charge is 0.461 e. The smallest absolute Gasteiger partial charge is 0.199 e. The Labute approximate surface area is 127 Å². The zero-order valence-corrected chi connectivity index (χ0v) is 12.8. The highest BCUT2D eigenvalue weighted by molar-refractivity contribution is 7.19. The Morgan fingerprint density at radius 1 is 1.33 bits per heavy atom. The van der Waals surface area contributed by atoms with Crippen LogP contribution in [0.5, 0.6) is 0 Å². The van der Waals surface area contributed by atoms with E-state index in [-0.39, 0.29) is 0 Å². The molecule has 108 valence electrons. The van der Waals surface area contributed by atoms with E-state index in [4.69, 9.17) is 14.4 Å². The molecule has 0 bridgehead atoms. The minimum Gasteiger partial charge on any atom is -0.461 e. The fraction of sp³-hybridized carbons (Fsp3) is 0.375. The Morgan fingerprint density at radius 2 is 2.29 bits per heavy atom. The maximum Gasteiger partial charge on any atom is 0.199 e. The molecule has 3 aromatic rings. The molecule has 0 saturated heterocycles. The molecule has 0 aromatic carbocycles. The molecule has 0 atom stereocenters. The summed E-state index contributed by atoms with van der Waals surface area (Å²) in [6.07, 6.45) is 6.33. The van der Waals surface area contributed by atoms with Gasteiger partial charge in [-0.3, -0.25) is 0 Å². The van der Waals surface area contributed by atoms with E-state index in [0.717, 1.165) is 35.8 Å². The molecular weight excluding hydrogens is 282 g/mol. The number of aryl methyl sites for hydroxylation is 2. The molecule has 5 heteroatoms. The van der Waals surface area contributed by atoms with Crippen molar-refractivity contribution >= 4 is 27.4 Å². The van der Waals surface area contributed by atoms with Gasteiger partial charge in [-0.15, -0.1) is 11.3 Å². The summed E-state index contributed by atoms with van der Waals surface area (Å²) >= 11 is 1.81. The predicted octanol–water partition coefficient (Wildman–Crippen LogP) is 4.26. The molecule has 1 aliphatic rings. The van der Waals surface area contributed by atoms with Gasteiger partial charge in [-0.25, -0.2) is 9.97 Å². The lowest BCUT2D eigenvalue weighted by Crippen LogP contribution is -2.04. The molecule has 0 unspecified atom stereocenters. The first-order valence-corrected chi connectivity index (χ1v) is 8.28. The first-order valence-electron chi connectivity index (χ1n) is 7.47. The minimum atomic E-state index is 0.672. The van der Waals surface area contributed by atoms with Crippen molar-refractivity contribution in [2.45, 2.75) is 32.6 Å². The van der Waals surface area contributed by atoms with Crippen molar-refractivity contribution < 1.29 is 4.42 Å². The lowest BCUT2D eigenvalue weighted by molar-refractivity contribution is 0.577. The minimum absolute atomic E-state index is 0.672. The molecule has 0 amide bonds. The van der Waals surface area contributed by atoms with E-state index >= 15 is 0 Å². The number of nitrogens with one attached hydrogen (secondary N) is 1. The number of nitrogens with zero attached hydrogens (tertiary/aromatic N) is 2. The number of thiophene rings is 1. The van der Waals surface area contributed by atoms with Crippen LogP contribution in [0.2, 0.25) is 0 Å². The van der Waals surface area contributed by atoms with Crippen LogP contribution in [0.3, 0.4) is 0 Å². The molecule has 1 aliphatic carbocycles. The van der Waals surface area contributed by atoms with E-state index in [1.807, 2.05) is 23.5 Å². The summed E-state index contributed by atoms with van der Waals surface area (Å²) in [5.41, 5.74) is 1.46. The maximum absolute atomic E-state index is 5.46. The Kier molecular flexibility index (Phi) is 3.15. The van der Waals surface area contributed by atoms with Gasteiger partial charge in [-0.05, 0) is 43.4 Å². The molecule has 3 aromatic heterocycles. The van der Waals surface area contributed by atoms with Gasteiger partial charge >= 0.3 is 0 Å². The predicted molar refractivity (Wildman–Crippen MR) is 85.9 cm³/mol. The number of aromatic nitrogens is 2. The monoisotopic (exact) mass is 299 g/mol. The summed E-state index contributed by atoms with van der Waals surface area (Å²) < 4.78 is 5.46. The van der Waals surface area contributed by atoms with Crippen LogP contribution in [0.25, 0.3) is 21.8 Å². The molecular formula is C16H17N3OS. The van der Waals surface area contributed by atoms with E-state index < -0.39 is 0 Å². The topological polar surface area (TPSA) is 51.0 Å². The van der Waals surface area contributed by atoms with Crippen molar-refractivity contribution in [3.63, 3.8) is 0 Å². The van der Waals surface area contributed by atoms with Crippen molar-refractivity contribution in [3.05, 3.63) is 28.8 Å². The molecule has 4 rings (SSSR count). The van der Waals surface area contributed by atoms with E-state index in [1.54, 1.807) is 6.26 Å². The van der Waals surface area contributed by atoms with E-state index in [2.05, 4.69) is 12.2 Å². The molecule has 4 nitrogen and oxygen atoms in total. The van der Waals surface area contributed by atoms with Crippen LogP contribution in [0, 0.1) is 0 Å². The number of anilines is 1. The van der Waals surface area contributed by atoms with Crippen LogP contribution < -0.4 is 5.32 Å². The number of hydrogen-bond acceptors (Lipinski definition) is 5. The second kappa shape index (κ2) is 5.15. The third-order valence-corrected chi connectivity index (χ3v) is 5.03. The normalized spacial score (nSPS) is 13.8. The highest BCUT2D eigenvalue weighted by Gasteiger charge is 2.22. The van der Waals surface area contributed by atoms with Gasteiger partial charge in [-0.2, -0.15) is 0 Å². The van der Waals surface area contributed by atoms with Crippen molar-refractivity contribution in [1.29, 1.82) is 0 Å². The van der Waals surface area contributed by atoms with Gasteiger partial charge in [0, 0.05) is 11.4 Å². The van der Waals surface area contributed by atoms with Crippen LogP contribution in [0.4, 0.5) is 5.82 Å². The van der Waals surface area contributed by atoms with Gasteiger partial charge in [0.25, 0.3) is 0 Å². The highest BCUT2D eigenvalue weighted by Crippen LogP contribution is 2.40. The fourth-order valence-corrected chi connectivity index (χ4v) is 4.14. The van der Waals surface area contributed by atoms with Crippen LogP contribution in [-0.2, 0) is 12.8 Å². The maximum atomic E-state index is 5.46. The Bertz CT molecular complexity index is 777. The quantitative estimate of drug-likeness (QED) is 0.782.